The van der Waals surface area contributed by atoms with Gasteiger partial charge in [0.25, 0.3) is 5.91 Å². The molecule has 1 aliphatic heterocycles. The Balaban J connectivity index is 1.40. The summed E-state index contributed by atoms with van der Waals surface area (Å²) in [5, 5.41) is 4.04. The van der Waals surface area contributed by atoms with E-state index in [2.05, 4.69) is 44.6 Å². The van der Waals surface area contributed by atoms with Crippen molar-refractivity contribution in [3.63, 3.8) is 0 Å². The Kier molecular flexibility index (Phi) is 6.96. The molecule has 1 saturated heterocycles. The van der Waals surface area contributed by atoms with Crippen molar-refractivity contribution < 1.29 is 9.53 Å². The van der Waals surface area contributed by atoms with Gasteiger partial charge in [0.05, 0.1) is 19.9 Å². The molecule has 0 saturated carbocycles. The second-order valence-electron chi connectivity index (χ2n) is 6.57. The number of carbonyl (C=O) groups excluding carboxylic acids is 1. The lowest BCUT2D eigenvalue weighted by molar-refractivity contribution is -0.122. The normalized spacial score (nSPS) is 15.7. The van der Waals surface area contributed by atoms with Crippen molar-refractivity contribution in [2.75, 3.05) is 39.8 Å². The number of hydrazone groups is 1. The number of para-hydroxylation sites is 1. The molecule has 0 aliphatic carbocycles. The first kappa shape index (κ1) is 19.1. The van der Waals surface area contributed by atoms with Crippen LogP contribution in [0.4, 0.5) is 0 Å². The Morgan fingerprint density at radius 2 is 1.70 bits per heavy atom. The molecule has 6 nitrogen and oxygen atoms in total. The van der Waals surface area contributed by atoms with Crippen LogP contribution in [0, 0.1) is 0 Å². The zero-order valence-electron chi connectivity index (χ0n) is 15.7. The van der Waals surface area contributed by atoms with Gasteiger partial charge in [-0.3, -0.25) is 14.6 Å². The van der Waals surface area contributed by atoms with Crippen molar-refractivity contribution in [3.8, 4) is 5.75 Å². The molecule has 0 unspecified atom stereocenters. The molecule has 0 spiro atoms. The molecule has 2 aromatic rings. The largest absolute Gasteiger partial charge is 0.496 e. The van der Waals surface area contributed by atoms with Crippen LogP contribution in [0.3, 0.4) is 0 Å². The second-order valence-corrected chi connectivity index (χ2v) is 6.57. The summed E-state index contributed by atoms with van der Waals surface area (Å²) >= 11 is 0. The molecular formula is C21H26N4O2. The lowest BCUT2D eigenvalue weighted by Crippen LogP contribution is -2.48. The lowest BCUT2D eigenvalue weighted by Gasteiger charge is -2.34. The highest BCUT2D eigenvalue weighted by molar-refractivity contribution is 5.85. The predicted molar refractivity (Wildman–Crippen MR) is 107 cm³/mol. The molecule has 1 amide bonds. The van der Waals surface area contributed by atoms with Crippen LogP contribution < -0.4 is 10.2 Å². The summed E-state index contributed by atoms with van der Waals surface area (Å²) in [4.78, 5) is 16.7. The summed E-state index contributed by atoms with van der Waals surface area (Å²) in [5.74, 6) is 0.627. The highest BCUT2D eigenvalue weighted by atomic mass is 16.5. The average Bonchev–Trinajstić information content (AvgIpc) is 2.71. The van der Waals surface area contributed by atoms with Crippen molar-refractivity contribution in [1.29, 1.82) is 0 Å². The number of ether oxygens (including phenoxy) is 1. The predicted octanol–water partition coefficient (Wildman–Crippen LogP) is 1.96. The molecule has 6 heteroatoms. The van der Waals surface area contributed by atoms with E-state index >= 15 is 0 Å². The van der Waals surface area contributed by atoms with E-state index in [0.29, 0.717) is 6.54 Å². The summed E-state index contributed by atoms with van der Waals surface area (Å²) in [5.41, 5.74) is 4.76. The van der Waals surface area contributed by atoms with E-state index in [9.17, 15) is 4.79 Å². The second kappa shape index (κ2) is 9.85. The zero-order valence-corrected chi connectivity index (χ0v) is 15.7. The molecule has 0 radical (unpaired) electrons. The van der Waals surface area contributed by atoms with Crippen molar-refractivity contribution >= 4 is 12.1 Å². The number of hydrogen-bond acceptors (Lipinski definition) is 5. The van der Waals surface area contributed by atoms with Crippen molar-refractivity contribution in [2.24, 2.45) is 5.10 Å². The van der Waals surface area contributed by atoms with Crippen molar-refractivity contribution in [2.45, 2.75) is 6.54 Å². The fraction of sp³-hybridized carbons (Fsp3) is 0.333. The third kappa shape index (κ3) is 5.91. The summed E-state index contributed by atoms with van der Waals surface area (Å²) in [6.07, 6.45) is 1.61. The Morgan fingerprint density at radius 1 is 1.04 bits per heavy atom. The SMILES string of the molecule is COc1ccccc1/C=N\NC(=O)CN1CCN(Cc2ccccc2)CC1. The highest BCUT2D eigenvalue weighted by Gasteiger charge is 2.18. The summed E-state index contributed by atoms with van der Waals surface area (Å²) in [6.45, 7) is 5.03. The van der Waals surface area contributed by atoms with Gasteiger partial charge in [-0.2, -0.15) is 5.10 Å². The van der Waals surface area contributed by atoms with Gasteiger partial charge in [-0.25, -0.2) is 5.43 Å². The number of nitrogens with zero attached hydrogens (tertiary/aromatic N) is 3. The first-order valence-electron chi connectivity index (χ1n) is 9.18. The van der Waals surface area contributed by atoms with Gasteiger partial charge >= 0.3 is 0 Å². The molecule has 3 rings (SSSR count). The molecule has 1 aliphatic rings. The lowest BCUT2D eigenvalue weighted by atomic mass is 10.2. The van der Waals surface area contributed by atoms with E-state index in [-0.39, 0.29) is 5.91 Å². The third-order valence-corrected chi connectivity index (χ3v) is 4.61. The van der Waals surface area contributed by atoms with Crippen LogP contribution in [0.25, 0.3) is 0 Å². The van der Waals surface area contributed by atoms with E-state index in [1.165, 1.54) is 5.56 Å². The summed E-state index contributed by atoms with van der Waals surface area (Å²) < 4.78 is 5.26. The minimum absolute atomic E-state index is 0.0994. The number of piperazine rings is 1. The maximum Gasteiger partial charge on any atom is 0.254 e. The van der Waals surface area contributed by atoms with E-state index in [0.717, 1.165) is 44.0 Å². The van der Waals surface area contributed by atoms with Crippen LogP contribution in [0.1, 0.15) is 11.1 Å². The van der Waals surface area contributed by atoms with Crippen LogP contribution in [0.15, 0.2) is 59.7 Å². The number of amides is 1. The highest BCUT2D eigenvalue weighted by Crippen LogP contribution is 2.14. The Morgan fingerprint density at radius 3 is 2.44 bits per heavy atom. The molecule has 2 aromatic carbocycles. The number of benzene rings is 2. The van der Waals surface area contributed by atoms with Crippen LogP contribution in [0.2, 0.25) is 0 Å². The Labute approximate surface area is 160 Å². The molecule has 142 valence electrons. The molecule has 1 N–H and O–H groups in total. The van der Waals surface area contributed by atoms with Gasteiger partial charge in [-0.15, -0.1) is 0 Å². The van der Waals surface area contributed by atoms with Crippen LogP contribution in [-0.4, -0.2) is 61.8 Å². The van der Waals surface area contributed by atoms with E-state index < -0.39 is 0 Å². The summed E-state index contributed by atoms with van der Waals surface area (Å²) in [7, 11) is 1.61. The van der Waals surface area contributed by atoms with Crippen LogP contribution >= 0.6 is 0 Å². The number of nitrogens with one attached hydrogen (secondary N) is 1. The molecule has 1 heterocycles. The number of hydrogen-bond donors (Lipinski definition) is 1. The quantitative estimate of drug-likeness (QED) is 0.601. The Bertz CT molecular complexity index is 756. The molecular weight excluding hydrogens is 340 g/mol. The van der Waals surface area contributed by atoms with Gasteiger partial charge in [0.2, 0.25) is 0 Å². The molecule has 1 fully saturated rings. The van der Waals surface area contributed by atoms with Gasteiger partial charge in [0.1, 0.15) is 5.75 Å². The minimum atomic E-state index is -0.0994. The van der Waals surface area contributed by atoms with Crippen molar-refractivity contribution in [3.05, 3.63) is 65.7 Å². The Hall–Kier alpha value is -2.70. The first-order chi connectivity index (χ1) is 13.2. The maximum absolute atomic E-state index is 12.1. The molecule has 27 heavy (non-hydrogen) atoms. The molecule has 0 bridgehead atoms. The topological polar surface area (TPSA) is 57.2 Å². The number of methoxy groups -OCH3 is 1. The third-order valence-electron chi connectivity index (χ3n) is 4.61. The van der Waals surface area contributed by atoms with Gasteiger partial charge < -0.3 is 4.74 Å². The number of rotatable bonds is 7. The molecule has 0 aromatic heterocycles. The fourth-order valence-corrected chi connectivity index (χ4v) is 3.13. The fourth-order valence-electron chi connectivity index (χ4n) is 3.13. The first-order valence-corrected chi connectivity index (χ1v) is 9.18. The van der Waals surface area contributed by atoms with Gasteiger partial charge in [0.15, 0.2) is 0 Å². The average molecular weight is 366 g/mol. The molecule has 0 atom stereocenters. The van der Waals surface area contributed by atoms with E-state index in [1.807, 2.05) is 30.3 Å². The van der Waals surface area contributed by atoms with Crippen LogP contribution in [0.5, 0.6) is 5.75 Å². The number of carbonyl (C=O) groups is 1. The monoisotopic (exact) mass is 366 g/mol. The van der Waals surface area contributed by atoms with Crippen LogP contribution in [-0.2, 0) is 11.3 Å². The van der Waals surface area contributed by atoms with Gasteiger partial charge in [-0.1, -0.05) is 42.5 Å². The maximum atomic E-state index is 12.1. The standard InChI is InChI=1S/C21H26N4O2/c1-27-20-10-6-5-9-19(20)15-22-23-21(26)17-25-13-11-24(12-14-25)16-18-7-3-2-4-8-18/h2-10,15H,11-14,16-17H2,1H3,(H,23,26)/b22-15-. The summed E-state index contributed by atoms with van der Waals surface area (Å²) in [6, 6.07) is 18.0. The van der Waals surface area contributed by atoms with Crippen molar-refractivity contribution in [1.82, 2.24) is 15.2 Å². The van der Waals surface area contributed by atoms with Gasteiger partial charge in [-0.05, 0) is 17.7 Å². The smallest absolute Gasteiger partial charge is 0.254 e. The van der Waals surface area contributed by atoms with Gasteiger partial charge in [0, 0.05) is 38.3 Å². The minimum Gasteiger partial charge on any atom is -0.496 e. The zero-order chi connectivity index (χ0) is 18.9. The van der Waals surface area contributed by atoms with E-state index in [4.69, 9.17) is 4.74 Å². The van der Waals surface area contributed by atoms with E-state index in [1.54, 1.807) is 13.3 Å².